The van der Waals surface area contributed by atoms with Crippen LogP contribution in [0.1, 0.15) is 31.1 Å². The van der Waals surface area contributed by atoms with Crippen LogP contribution in [0.2, 0.25) is 0 Å². The molecule has 19 heavy (non-hydrogen) atoms. The molecule has 1 saturated carbocycles. The summed E-state index contributed by atoms with van der Waals surface area (Å²) in [6, 6.07) is 0.431. The molecule has 1 aliphatic carbocycles. The minimum Gasteiger partial charge on any atom is -0.369 e. The Morgan fingerprint density at radius 1 is 1.58 bits per heavy atom. The first-order valence-electron chi connectivity index (χ1n) is 6.94. The van der Waals surface area contributed by atoms with Crippen LogP contribution in [0.25, 0.3) is 0 Å². The van der Waals surface area contributed by atoms with E-state index in [0.717, 1.165) is 38.2 Å². The minimum atomic E-state index is 0.0442. The first-order chi connectivity index (χ1) is 9.33. The summed E-state index contributed by atoms with van der Waals surface area (Å²) < 4.78 is 7.74. The summed E-state index contributed by atoms with van der Waals surface area (Å²) in [5.74, 6) is 0.129. The van der Waals surface area contributed by atoms with Gasteiger partial charge in [0.15, 0.2) is 0 Å². The van der Waals surface area contributed by atoms with Gasteiger partial charge in [-0.3, -0.25) is 4.79 Å². The first kappa shape index (κ1) is 12.6. The number of morpholine rings is 1. The van der Waals surface area contributed by atoms with E-state index < -0.39 is 0 Å². The Bertz CT molecular complexity index is 436. The maximum atomic E-state index is 11.7. The number of aryl methyl sites for hydroxylation is 1. The zero-order valence-corrected chi connectivity index (χ0v) is 11.0. The summed E-state index contributed by atoms with van der Waals surface area (Å²) >= 11 is 0. The van der Waals surface area contributed by atoms with E-state index in [0.29, 0.717) is 19.0 Å². The lowest BCUT2D eigenvalue weighted by molar-refractivity contribution is -0.121. The van der Waals surface area contributed by atoms with Crippen molar-refractivity contribution in [2.24, 2.45) is 0 Å². The number of imidazole rings is 1. The first-order valence-corrected chi connectivity index (χ1v) is 6.94. The second kappa shape index (κ2) is 5.71. The number of rotatable bonds is 5. The molecule has 2 heterocycles. The second-order valence-electron chi connectivity index (χ2n) is 5.17. The van der Waals surface area contributed by atoms with Gasteiger partial charge in [-0.05, 0) is 12.8 Å². The molecule has 0 radical (unpaired) electrons. The summed E-state index contributed by atoms with van der Waals surface area (Å²) in [5.41, 5.74) is 1.05. The zero-order valence-electron chi connectivity index (χ0n) is 11.0. The quantitative estimate of drug-likeness (QED) is 0.798. The Kier molecular flexibility index (Phi) is 3.79. The number of hydrogen-bond acceptors (Lipinski definition) is 4. The van der Waals surface area contributed by atoms with Crippen LogP contribution in [-0.2, 0) is 16.1 Å². The molecule has 1 unspecified atom stereocenters. The molecule has 1 aromatic rings. The van der Waals surface area contributed by atoms with Gasteiger partial charge in [0, 0.05) is 32.1 Å². The molecule has 0 spiro atoms. The van der Waals surface area contributed by atoms with E-state index in [2.05, 4.69) is 15.6 Å². The van der Waals surface area contributed by atoms with Crippen LogP contribution in [0.5, 0.6) is 0 Å². The SMILES string of the molecule is O=C(CCn1cncc1C1CNCCO1)NC1CC1. The number of carbonyl (C=O) groups excluding carboxylic acids is 1. The van der Waals surface area contributed by atoms with Crippen LogP contribution in [0.3, 0.4) is 0 Å². The predicted octanol–water partition coefficient (Wildman–Crippen LogP) is 0.213. The van der Waals surface area contributed by atoms with E-state index in [9.17, 15) is 4.79 Å². The lowest BCUT2D eigenvalue weighted by Gasteiger charge is -2.24. The molecule has 1 aromatic heterocycles. The van der Waals surface area contributed by atoms with Gasteiger partial charge >= 0.3 is 0 Å². The zero-order chi connectivity index (χ0) is 13.1. The largest absolute Gasteiger partial charge is 0.369 e. The standard InChI is InChI=1S/C13H20N4O2/c18-13(16-10-1-2-10)3-5-17-9-15-7-11(17)12-8-14-4-6-19-12/h7,9-10,12,14H,1-6,8H2,(H,16,18). The molecule has 2 aliphatic rings. The smallest absolute Gasteiger partial charge is 0.222 e. The third-order valence-corrected chi connectivity index (χ3v) is 3.52. The highest BCUT2D eigenvalue weighted by Crippen LogP contribution is 2.20. The second-order valence-corrected chi connectivity index (χ2v) is 5.17. The fraction of sp³-hybridized carbons (Fsp3) is 0.692. The molecule has 3 rings (SSSR count). The lowest BCUT2D eigenvalue weighted by Crippen LogP contribution is -2.34. The average Bonchev–Trinajstić information content (AvgIpc) is 3.12. The Morgan fingerprint density at radius 2 is 2.47 bits per heavy atom. The molecule has 1 aliphatic heterocycles. The van der Waals surface area contributed by atoms with Crippen LogP contribution >= 0.6 is 0 Å². The third kappa shape index (κ3) is 3.33. The maximum absolute atomic E-state index is 11.7. The molecule has 2 fully saturated rings. The van der Waals surface area contributed by atoms with Crippen LogP contribution in [-0.4, -0.2) is 41.2 Å². The van der Waals surface area contributed by atoms with Crippen molar-refractivity contribution in [3.8, 4) is 0 Å². The number of carbonyl (C=O) groups is 1. The number of nitrogens with one attached hydrogen (secondary N) is 2. The van der Waals surface area contributed by atoms with Crippen LogP contribution in [0, 0.1) is 0 Å². The van der Waals surface area contributed by atoms with Crippen molar-refractivity contribution in [3.63, 3.8) is 0 Å². The molecular weight excluding hydrogens is 244 g/mol. The molecule has 6 heteroatoms. The topological polar surface area (TPSA) is 68.2 Å². The van der Waals surface area contributed by atoms with Crippen molar-refractivity contribution in [2.45, 2.75) is 38.0 Å². The number of ether oxygens (including phenoxy) is 1. The molecule has 1 amide bonds. The maximum Gasteiger partial charge on any atom is 0.222 e. The monoisotopic (exact) mass is 264 g/mol. The highest BCUT2D eigenvalue weighted by molar-refractivity contribution is 5.76. The molecule has 2 N–H and O–H groups in total. The van der Waals surface area contributed by atoms with E-state index in [-0.39, 0.29) is 12.0 Å². The number of aromatic nitrogens is 2. The Labute approximate surface area is 112 Å². The van der Waals surface area contributed by atoms with Gasteiger partial charge in [-0.15, -0.1) is 0 Å². The van der Waals surface area contributed by atoms with Gasteiger partial charge < -0.3 is 19.9 Å². The molecule has 1 saturated heterocycles. The fourth-order valence-electron chi connectivity index (χ4n) is 2.29. The highest BCUT2D eigenvalue weighted by Gasteiger charge is 2.23. The van der Waals surface area contributed by atoms with E-state index in [1.54, 1.807) is 6.33 Å². The summed E-state index contributed by atoms with van der Waals surface area (Å²) in [4.78, 5) is 15.9. The molecule has 0 aromatic carbocycles. The Hall–Kier alpha value is -1.40. The van der Waals surface area contributed by atoms with Gasteiger partial charge in [-0.2, -0.15) is 0 Å². The van der Waals surface area contributed by atoms with Crippen LogP contribution in [0.15, 0.2) is 12.5 Å². The predicted molar refractivity (Wildman–Crippen MR) is 69.6 cm³/mol. The van der Waals surface area contributed by atoms with E-state index >= 15 is 0 Å². The molecule has 6 nitrogen and oxygen atoms in total. The van der Waals surface area contributed by atoms with Crippen molar-refractivity contribution in [2.75, 3.05) is 19.7 Å². The van der Waals surface area contributed by atoms with Gasteiger partial charge in [-0.25, -0.2) is 4.98 Å². The Morgan fingerprint density at radius 3 is 3.21 bits per heavy atom. The van der Waals surface area contributed by atoms with Gasteiger partial charge in [0.1, 0.15) is 6.10 Å². The van der Waals surface area contributed by atoms with E-state index in [1.807, 2.05) is 10.8 Å². The average molecular weight is 264 g/mol. The van der Waals surface area contributed by atoms with E-state index in [1.165, 1.54) is 0 Å². The molecule has 104 valence electrons. The summed E-state index contributed by atoms with van der Waals surface area (Å²) in [7, 11) is 0. The fourth-order valence-corrected chi connectivity index (χ4v) is 2.29. The highest BCUT2D eigenvalue weighted by atomic mass is 16.5. The summed E-state index contributed by atoms with van der Waals surface area (Å²) in [6.45, 7) is 3.08. The lowest BCUT2D eigenvalue weighted by atomic mass is 10.2. The molecule has 1 atom stereocenters. The minimum absolute atomic E-state index is 0.0442. The summed E-state index contributed by atoms with van der Waals surface area (Å²) in [6.07, 6.45) is 6.41. The van der Waals surface area contributed by atoms with Crippen molar-refractivity contribution >= 4 is 5.91 Å². The summed E-state index contributed by atoms with van der Waals surface area (Å²) in [5, 5.41) is 6.30. The van der Waals surface area contributed by atoms with E-state index in [4.69, 9.17) is 4.74 Å². The number of hydrogen-bond donors (Lipinski definition) is 2. The van der Waals surface area contributed by atoms with Crippen LogP contribution < -0.4 is 10.6 Å². The van der Waals surface area contributed by atoms with Crippen molar-refractivity contribution < 1.29 is 9.53 Å². The normalized spacial score (nSPS) is 23.3. The molecular formula is C13H20N4O2. The van der Waals surface area contributed by atoms with Crippen molar-refractivity contribution in [1.82, 2.24) is 20.2 Å². The Balaban J connectivity index is 1.54. The van der Waals surface area contributed by atoms with Gasteiger partial charge in [0.2, 0.25) is 5.91 Å². The van der Waals surface area contributed by atoms with Gasteiger partial charge in [0.25, 0.3) is 0 Å². The van der Waals surface area contributed by atoms with Gasteiger partial charge in [-0.1, -0.05) is 0 Å². The van der Waals surface area contributed by atoms with Crippen molar-refractivity contribution in [3.05, 3.63) is 18.2 Å². The molecule has 0 bridgehead atoms. The van der Waals surface area contributed by atoms with Crippen molar-refractivity contribution in [1.29, 1.82) is 0 Å². The third-order valence-electron chi connectivity index (χ3n) is 3.52. The number of nitrogens with zero attached hydrogens (tertiary/aromatic N) is 2. The van der Waals surface area contributed by atoms with Gasteiger partial charge in [0.05, 0.1) is 24.8 Å². The number of amides is 1. The van der Waals surface area contributed by atoms with Crippen LogP contribution in [0.4, 0.5) is 0 Å².